The van der Waals surface area contributed by atoms with Crippen molar-refractivity contribution in [2.75, 3.05) is 19.8 Å². The van der Waals surface area contributed by atoms with Gasteiger partial charge in [-0.15, -0.1) is 0 Å². The maximum atomic E-state index is 13.8. The Morgan fingerprint density at radius 3 is 1.93 bits per heavy atom. The van der Waals surface area contributed by atoms with Crippen LogP contribution in [0.5, 0.6) is 0 Å². The van der Waals surface area contributed by atoms with Gasteiger partial charge in [-0.3, -0.25) is 8.37 Å². The van der Waals surface area contributed by atoms with Crippen LogP contribution in [0, 0.1) is 65.6 Å². The zero-order valence-electron chi connectivity index (χ0n) is 32.8. The molecule has 0 amide bonds. The lowest BCUT2D eigenvalue weighted by molar-refractivity contribution is -0.200. The Labute approximate surface area is 324 Å². The van der Waals surface area contributed by atoms with Gasteiger partial charge in [-0.25, -0.2) is 0 Å². The zero-order valence-corrected chi connectivity index (χ0v) is 34.4. The molecule has 5 aliphatic rings. The summed E-state index contributed by atoms with van der Waals surface area (Å²) < 4.78 is 73.3. The van der Waals surface area contributed by atoms with Crippen molar-refractivity contribution in [3.8, 4) is 0 Å². The molecular weight excluding hydrogens is 717 g/mol. The Kier molecular flexibility index (Phi) is 10.9. The third-order valence-corrected chi connectivity index (χ3v) is 16.7. The molecule has 0 aliphatic heterocycles. The van der Waals surface area contributed by atoms with E-state index in [0.717, 1.165) is 49.7 Å². The first-order chi connectivity index (χ1) is 25.6. The van der Waals surface area contributed by atoms with Crippen LogP contribution in [0.25, 0.3) is 0 Å². The molecule has 0 aromatic heterocycles. The molecule has 0 N–H and O–H groups in total. The van der Waals surface area contributed by atoms with Crippen LogP contribution in [0.1, 0.15) is 82.9 Å². The van der Waals surface area contributed by atoms with Crippen LogP contribution in [0.4, 0.5) is 0 Å². The quantitative estimate of drug-likeness (QED) is 0.126. The minimum atomic E-state index is -4.06. The molecule has 8 rings (SSSR count). The van der Waals surface area contributed by atoms with Crippen molar-refractivity contribution in [2.45, 2.75) is 96.5 Å². The first-order valence-corrected chi connectivity index (χ1v) is 22.7. The molecule has 2 bridgehead atoms. The summed E-state index contributed by atoms with van der Waals surface area (Å²) in [6.07, 6.45) is 8.66. The van der Waals surface area contributed by atoms with Gasteiger partial charge >= 0.3 is 0 Å². The Bertz CT molecular complexity index is 2040. The summed E-state index contributed by atoms with van der Waals surface area (Å²) >= 11 is 0. The van der Waals surface area contributed by atoms with Gasteiger partial charge < -0.3 is 4.74 Å². The summed E-state index contributed by atoms with van der Waals surface area (Å²) in [6.45, 7) is 14.5. The van der Waals surface area contributed by atoms with E-state index in [1.54, 1.807) is 48.5 Å². The number of rotatable bonds is 13. The second-order valence-corrected chi connectivity index (χ2v) is 21.0. The van der Waals surface area contributed by atoms with Crippen LogP contribution in [0.15, 0.2) is 100 Å². The van der Waals surface area contributed by atoms with Gasteiger partial charge in [0.25, 0.3) is 20.2 Å². The summed E-state index contributed by atoms with van der Waals surface area (Å²) in [5.41, 5.74) is 4.09. The lowest BCUT2D eigenvalue weighted by atomic mass is 9.34. The monoisotopic (exact) mass is 774 g/mol. The smallest absolute Gasteiger partial charge is 0.296 e. The molecule has 3 fully saturated rings. The topological polar surface area (TPSA) is 96.0 Å². The molecule has 1 spiro atoms. The van der Waals surface area contributed by atoms with Crippen molar-refractivity contribution < 1.29 is 29.9 Å². The maximum Gasteiger partial charge on any atom is 0.296 e. The van der Waals surface area contributed by atoms with Crippen LogP contribution in [-0.4, -0.2) is 36.7 Å². The number of ether oxygens (including phenoxy) is 1. The predicted molar refractivity (Wildman–Crippen MR) is 211 cm³/mol. The van der Waals surface area contributed by atoms with E-state index < -0.39 is 20.2 Å². The summed E-state index contributed by atoms with van der Waals surface area (Å²) in [6, 6.07) is 23.9. The van der Waals surface area contributed by atoms with Crippen LogP contribution in [0.3, 0.4) is 0 Å². The molecule has 8 atom stereocenters. The van der Waals surface area contributed by atoms with Gasteiger partial charge in [-0.1, -0.05) is 111 Å². The fourth-order valence-electron chi connectivity index (χ4n) is 11.5. The number of benzene rings is 3. The molecule has 0 heterocycles. The summed E-state index contributed by atoms with van der Waals surface area (Å²) in [7, 11) is -8.11. The molecule has 0 unspecified atom stereocenters. The molecule has 0 saturated heterocycles. The van der Waals surface area contributed by atoms with Crippen molar-refractivity contribution in [2.24, 2.45) is 51.8 Å². The zero-order chi connectivity index (χ0) is 38.5. The largest absolute Gasteiger partial charge is 0.376 e. The number of hydrogen-bond donors (Lipinski definition) is 0. The van der Waals surface area contributed by atoms with Crippen LogP contribution >= 0.6 is 0 Å². The molecule has 3 aromatic rings. The molecular formula is C45H58O7S2. The van der Waals surface area contributed by atoms with E-state index in [4.69, 9.17) is 13.1 Å². The van der Waals surface area contributed by atoms with Gasteiger partial charge in [0.1, 0.15) is 0 Å². The van der Waals surface area contributed by atoms with E-state index in [1.165, 1.54) is 11.1 Å². The number of allylic oxidation sites excluding steroid dienone is 2. The average molecular weight is 775 g/mol. The predicted octanol–water partition coefficient (Wildman–Crippen LogP) is 9.69. The van der Waals surface area contributed by atoms with Gasteiger partial charge in [0.2, 0.25) is 0 Å². The lowest BCUT2D eigenvalue weighted by Gasteiger charge is -2.70. The third-order valence-electron chi connectivity index (χ3n) is 14.1. The molecule has 7 nitrogen and oxygen atoms in total. The molecule has 5 aliphatic carbocycles. The Balaban J connectivity index is 1.23. The van der Waals surface area contributed by atoms with Crippen molar-refractivity contribution >= 4 is 20.2 Å². The Morgan fingerprint density at radius 1 is 0.741 bits per heavy atom. The van der Waals surface area contributed by atoms with Crippen LogP contribution < -0.4 is 0 Å². The molecule has 292 valence electrons. The number of hydrogen-bond acceptors (Lipinski definition) is 7. The van der Waals surface area contributed by atoms with Crippen LogP contribution in [-0.2, 0) is 39.9 Å². The fourth-order valence-corrected chi connectivity index (χ4v) is 13.4. The minimum absolute atomic E-state index is 0.00744. The fraction of sp³-hybridized carbons (Fsp3) is 0.556. The van der Waals surface area contributed by atoms with Gasteiger partial charge in [0.15, 0.2) is 0 Å². The van der Waals surface area contributed by atoms with E-state index in [2.05, 4.69) is 58.0 Å². The lowest BCUT2D eigenvalue weighted by Crippen LogP contribution is -2.65. The van der Waals surface area contributed by atoms with E-state index in [1.807, 2.05) is 19.9 Å². The first kappa shape index (κ1) is 39.4. The van der Waals surface area contributed by atoms with Gasteiger partial charge in [-0.05, 0) is 128 Å². The van der Waals surface area contributed by atoms with E-state index in [-0.39, 0.29) is 68.8 Å². The second kappa shape index (κ2) is 14.9. The van der Waals surface area contributed by atoms with Gasteiger partial charge in [0, 0.05) is 0 Å². The van der Waals surface area contributed by atoms with E-state index >= 15 is 0 Å². The SMILES string of the molecule is Cc1ccc(S(=O)(=O)OC[C@H]2[C@@H](COS(=O)(=O)c3ccc(C)cc3)[C@@]34C=C(C(C)C)[C@@H]2C[C@@H]3[C@@]2(C)CCC[C@@](C)(COCc3ccccc3)[C@@H]2CC4)cc1. The summed E-state index contributed by atoms with van der Waals surface area (Å²) in [5, 5.41) is 0. The molecule has 0 radical (unpaired) electrons. The Morgan fingerprint density at radius 2 is 1.33 bits per heavy atom. The minimum Gasteiger partial charge on any atom is -0.376 e. The third kappa shape index (κ3) is 7.29. The molecule has 3 aromatic carbocycles. The average Bonchev–Trinajstić information content (AvgIpc) is 3.13. The highest BCUT2D eigenvalue weighted by molar-refractivity contribution is 7.87. The highest BCUT2D eigenvalue weighted by atomic mass is 32.2. The van der Waals surface area contributed by atoms with E-state index in [0.29, 0.717) is 19.1 Å². The standard InChI is InChI=1S/C45H58O7S2/c1-31(2)38-26-45-24-21-41-43(5,30-50-27-34-11-8-7-9-12-34)22-10-23-44(41,6)42(45)25-37(38)39(28-51-53(46,47)35-17-13-32(3)14-18-35)40(45)29-52-54(48,49)36-19-15-33(4)16-20-36/h7-9,11-20,26,31,37,39-42H,10,21-25,27-30H2,1-6H3/t37-,39+,40+,41-,42+,43-,44-,45+/m0/s1. The summed E-state index contributed by atoms with van der Waals surface area (Å²) in [4.78, 5) is 0.258. The molecule has 54 heavy (non-hydrogen) atoms. The Hall–Kier alpha value is -2.82. The molecule has 3 saturated carbocycles. The van der Waals surface area contributed by atoms with E-state index in [9.17, 15) is 16.8 Å². The van der Waals surface area contributed by atoms with Gasteiger partial charge in [-0.2, -0.15) is 16.8 Å². The number of aryl methyl sites for hydroxylation is 2. The normalized spacial score (nSPS) is 32.2. The van der Waals surface area contributed by atoms with Crippen molar-refractivity contribution in [1.29, 1.82) is 0 Å². The summed E-state index contributed by atoms with van der Waals surface area (Å²) in [5.74, 6) is 0.536. The van der Waals surface area contributed by atoms with Crippen molar-refractivity contribution in [1.82, 2.24) is 0 Å². The second-order valence-electron chi connectivity index (χ2n) is 17.8. The number of fused-ring (bicyclic) bond motifs is 2. The van der Waals surface area contributed by atoms with Crippen LogP contribution in [0.2, 0.25) is 0 Å². The maximum absolute atomic E-state index is 13.8. The molecule has 9 heteroatoms. The van der Waals surface area contributed by atoms with Crippen molar-refractivity contribution in [3.63, 3.8) is 0 Å². The highest BCUT2D eigenvalue weighted by Gasteiger charge is 2.67. The first-order valence-electron chi connectivity index (χ1n) is 19.8. The highest BCUT2D eigenvalue weighted by Crippen LogP contribution is 2.73. The van der Waals surface area contributed by atoms with Gasteiger partial charge in [0.05, 0.1) is 36.2 Å². The van der Waals surface area contributed by atoms with Crippen molar-refractivity contribution in [3.05, 3.63) is 107 Å².